The van der Waals surface area contributed by atoms with Gasteiger partial charge < -0.3 is 29.6 Å². The standard InChI is InChI=1S/C34H36N2O6/c1-6-42-24-14-11-21(12-15-24)32-31(34(38)36-25-9-7-8-10-28(25)39-3)20(2)35-26-17-23(18-27(37)33(26)32)22-13-16-29(40-4)30(19-22)41-5/h7-16,19,23,32,35H,6,17-18H2,1-5H3,(H,36,38)/t23-,32+/m1/s1. The van der Waals surface area contributed by atoms with Crippen LogP contribution >= 0.6 is 0 Å². The minimum Gasteiger partial charge on any atom is -0.495 e. The summed E-state index contributed by atoms with van der Waals surface area (Å²) < 4.78 is 22.0. The van der Waals surface area contributed by atoms with Gasteiger partial charge in [-0.1, -0.05) is 30.3 Å². The van der Waals surface area contributed by atoms with Gasteiger partial charge in [-0.05, 0) is 73.7 Å². The van der Waals surface area contributed by atoms with Gasteiger partial charge >= 0.3 is 0 Å². The number of allylic oxidation sites excluding steroid dienone is 3. The number of Topliss-reactive ketones (excluding diaryl/α,β-unsaturated/α-hetero) is 1. The summed E-state index contributed by atoms with van der Waals surface area (Å²) in [6, 6.07) is 20.7. The largest absolute Gasteiger partial charge is 0.495 e. The number of hydrogen-bond acceptors (Lipinski definition) is 7. The number of para-hydroxylation sites is 2. The van der Waals surface area contributed by atoms with Crippen LogP contribution < -0.4 is 29.6 Å². The molecule has 0 aromatic heterocycles. The van der Waals surface area contributed by atoms with Crippen LogP contribution in [-0.2, 0) is 9.59 Å². The number of amides is 1. The third kappa shape index (κ3) is 5.57. The highest BCUT2D eigenvalue weighted by molar-refractivity contribution is 6.10. The molecule has 2 atom stereocenters. The highest BCUT2D eigenvalue weighted by Gasteiger charge is 2.41. The molecule has 0 radical (unpaired) electrons. The number of ether oxygens (including phenoxy) is 4. The van der Waals surface area contributed by atoms with Crippen LogP contribution in [0, 0.1) is 0 Å². The second-order valence-electron chi connectivity index (χ2n) is 10.3. The first-order chi connectivity index (χ1) is 20.4. The maximum atomic E-state index is 14.0. The van der Waals surface area contributed by atoms with Crippen LogP contribution in [-0.4, -0.2) is 39.6 Å². The summed E-state index contributed by atoms with van der Waals surface area (Å²) in [4.78, 5) is 28.0. The topological polar surface area (TPSA) is 95.1 Å². The number of anilines is 1. The molecule has 1 amide bonds. The maximum absolute atomic E-state index is 14.0. The van der Waals surface area contributed by atoms with Crippen LogP contribution in [0.25, 0.3) is 0 Å². The van der Waals surface area contributed by atoms with Gasteiger partial charge in [-0.2, -0.15) is 0 Å². The predicted octanol–water partition coefficient (Wildman–Crippen LogP) is 6.11. The molecular formula is C34H36N2O6. The number of nitrogens with one attached hydrogen (secondary N) is 2. The zero-order valence-corrected chi connectivity index (χ0v) is 24.6. The molecule has 8 heteroatoms. The molecule has 1 heterocycles. The average Bonchev–Trinajstić information content (AvgIpc) is 3.00. The lowest BCUT2D eigenvalue weighted by Crippen LogP contribution is -2.37. The van der Waals surface area contributed by atoms with E-state index in [9.17, 15) is 9.59 Å². The summed E-state index contributed by atoms with van der Waals surface area (Å²) in [5, 5.41) is 6.46. The first-order valence-electron chi connectivity index (χ1n) is 14.0. The van der Waals surface area contributed by atoms with Crippen molar-refractivity contribution in [1.29, 1.82) is 0 Å². The SMILES string of the molecule is CCOc1ccc([C@H]2C(C(=O)Nc3ccccc3OC)=C(C)NC3=C2C(=O)C[C@H](c2ccc(OC)c(OC)c2)C3)cc1. The maximum Gasteiger partial charge on any atom is 0.254 e. The lowest BCUT2D eigenvalue weighted by Gasteiger charge is -2.37. The van der Waals surface area contributed by atoms with Crippen molar-refractivity contribution >= 4 is 17.4 Å². The second kappa shape index (κ2) is 12.4. The Morgan fingerprint density at radius 1 is 0.881 bits per heavy atom. The second-order valence-corrected chi connectivity index (χ2v) is 10.3. The van der Waals surface area contributed by atoms with Crippen LogP contribution in [0.15, 0.2) is 89.3 Å². The third-order valence-electron chi connectivity index (χ3n) is 7.83. The Labute approximate surface area is 246 Å². The fraction of sp³-hybridized carbons (Fsp3) is 0.294. The molecule has 5 rings (SSSR count). The van der Waals surface area contributed by atoms with Gasteiger partial charge in [0.1, 0.15) is 11.5 Å². The van der Waals surface area contributed by atoms with Crippen LogP contribution in [0.4, 0.5) is 5.69 Å². The number of benzene rings is 3. The highest BCUT2D eigenvalue weighted by Crippen LogP contribution is 2.47. The van der Waals surface area contributed by atoms with Gasteiger partial charge in [-0.3, -0.25) is 9.59 Å². The van der Waals surface area contributed by atoms with Crippen LogP contribution in [0.3, 0.4) is 0 Å². The van der Waals surface area contributed by atoms with E-state index < -0.39 is 5.92 Å². The highest BCUT2D eigenvalue weighted by atomic mass is 16.5. The van der Waals surface area contributed by atoms with Gasteiger partial charge in [0.15, 0.2) is 17.3 Å². The molecule has 0 spiro atoms. The summed E-state index contributed by atoms with van der Waals surface area (Å²) in [5.74, 6) is 1.64. The molecule has 0 unspecified atom stereocenters. The first-order valence-corrected chi connectivity index (χ1v) is 14.0. The number of rotatable bonds is 9. The lowest BCUT2D eigenvalue weighted by atomic mass is 9.71. The van der Waals surface area contributed by atoms with E-state index in [1.54, 1.807) is 33.5 Å². The van der Waals surface area contributed by atoms with Gasteiger partial charge in [-0.15, -0.1) is 0 Å². The summed E-state index contributed by atoms with van der Waals surface area (Å²) in [7, 11) is 4.76. The van der Waals surface area contributed by atoms with E-state index >= 15 is 0 Å². The number of dihydropyridines is 1. The number of carbonyl (C=O) groups excluding carboxylic acids is 2. The van der Waals surface area contributed by atoms with Crippen molar-refractivity contribution in [1.82, 2.24) is 5.32 Å². The van der Waals surface area contributed by atoms with Gasteiger partial charge in [-0.25, -0.2) is 0 Å². The predicted molar refractivity (Wildman–Crippen MR) is 161 cm³/mol. The number of hydrogen-bond donors (Lipinski definition) is 2. The molecule has 1 aliphatic heterocycles. The molecule has 0 fully saturated rings. The molecule has 218 valence electrons. The van der Waals surface area contributed by atoms with Crippen molar-refractivity contribution in [2.24, 2.45) is 0 Å². The molecule has 2 N–H and O–H groups in total. The van der Waals surface area contributed by atoms with Crippen LogP contribution in [0.1, 0.15) is 49.7 Å². The molecular weight excluding hydrogens is 532 g/mol. The van der Waals surface area contributed by atoms with E-state index in [1.165, 1.54) is 0 Å². The van der Waals surface area contributed by atoms with E-state index in [-0.39, 0.29) is 17.6 Å². The molecule has 0 saturated heterocycles. The molecule has 0 saturated carbocycles. The number of ketones is 1. The van der Waals surface area contributed by atoms with Crippen molar-refractivity contribution in [2.45, 2.75) is 38.5 Å². The fourth-order valence-corrected chi connectivity index (χ4v) is 5.88. The normalized spacial score (nSPS) is 18.2. The lowest BCUT2D eigenvalue weighted by molar-refractivity contribution is -0.116. The van der Waals surface area contributed by atoms with Gasteiger partial charge in [0.25, 0.3) is 5.91 Å². The van der Waals surface area contributed by atoms with Crippen molar-refractivity contribution in [3.8, 4) is 23.0 Å². The molecule has 3 aromatic carbocycles. The van der Waals surface area contributed by atoms with E-state index in [4.69, 9.17) is 18.9 Å². The molecule has 0 bridgehead atoms. The van der Waals surface area contributed by atoms with Crippen molar-refractivity contribution in [3.05, 3.63) is 100 Å². The van der Waals surface area contributed by atoms with Crippen molar-refractivity contribution < 1.29 is 28.5 Å². The van der Waals surface area contributed by atoms with Crippen molar-refractivity contribution in [2.75, 3.05) is 33.3 Å². The van der Waals surface area contributed by atoms with Crippen molar-refractivity contribution in [3.63, 3.8) is 0 Å². The Morgan fingerprint density at radius 2 is 1.57 bits per heavy atom. The average molecular weight is 569 g/mol. The minimum absolute atomic E-state index is 0.00230. The van der Waals surface area contributed by atoms with Gasteiger partial charge in [0.05, 0.1) is 33.6 Å². The summed E-state index contributed by atoms with van der Waals surface area (Å²) in [6.07, 6.45) is 0.923. The number of carbonyl (C=O) groups is 2. The van der Waals surface area contributed by atoms with Crippen LogP contribution in [0.5, 0.6) is 23.0 Å². The molecule has 1 aliphatic carbocycles. The van der Waals surface area contributed by atoms with Gasteiger partial charge in [0, 0.05) is 34.9 Å². The Balaban J connectivity index is 1.55. The monoisotopic (exact) mass is 568 g/mol. The zero-order chi connectivity index (χ0) is 29.8. The Bertz CT molecular complexity index is 1560. The molecule has 8 nitrogen and oxygen atoms in total. The Morgan fingerprint density at radius 3 is 2.26 bits per heavy atom. The summed E-state index contributed by atoms with van der Waals surface area (Å²) in [6.45, 7) is 4.36. The smallest absolute Gasteiger partial charge is 0.254 e. The zero-order valence-electron chi connectivity index (χ0n) is 24.6. The van der Waals surface area contributed by atoms with E-state index in [0.717, 1.165) is 22.6 Å². The van der Waals surface area contributed by atoms with E-state index in [1.807, 2.05) is 68.4 Å². The summed E-state index contributed by atoms with van der Waals surface area (Å²) >= 11 is 0. The quantitative estimate of drug-likeness (QED) is 0.322. The van der Waals surface area contributed by atoms with E-state index in [0.29, 0.717) is 59.2 Å². The van der Waals surface area contributed by atoms with Crippen LogP contribution in [0.2, 0.25) is 0 Å². The summed E-state index contributed by atoms with van der Waals surface area (Å²) in [5.41, 5.74) is 5.02. The fourth-order valence-electron chi connectivity index (χ4n) is 5.88. The molecule has 42 heavy (non-hydrogen) atoms. The van der Waals surface area contributed by atoms with E-state index in [2.05, 4.69) is 10.6 Å². The minimum atomic E-state index is -0.550. The third-order valence-corrected chi connectivity index (χ3v) is 7.83. The molecule has 3 aromatic rings. The molecule has 2 aliphatic rings. The van der Waals surface area contributed by atoms with Gasteiger partial charge in [0.2, 0.25) is 0 Å². The Kier molecular flexibility index (Phi) is 8.52. The Hall–Kier alpha value is -4.72. The number of methoxy groups -OCH3 is 3. The first kappa shape index (κ1) is 28.8.